The summed E-state index contributed by atoms with van der Waals surface area (Å²) < 4.78 is 0. The van der Waals surface area contributed by atoms with Crippen molar-refractivity contribution in [2.24, 2.45) is 0 Å². The Labute approximate surface area is 80.7 Å². The molecule has 0 unspecified atom stereocenters. The second-order valence-corrected chi connectivity index (χ2v) is 2.51. The summed E-state index contributed by atoms with van der Waals surface area (Å²) in [5.74, 6) is 4.36. The normalized spacial score (nSPS) is 8.64. The van der Waals surface area contributed by atoms with E-state index in [4.69, 9.17) is 0 Å². The maximum atomic E-state index is 11.2. The van der Waals surface area contributed by atoms with Crippen molar-refractivity contribution < 1.29 is 9.72 Å². The van der Waals surface area contributed by atoms with Crippen molar-refractivity contribution in [1.82, 2.24) is 0 Å². The van der Waals surface area contributed by atoms with Crippen molar-refractivity contribution in [2.75, 3.05) is 0 Å². The molecular formula is C10H7NO3. The van der Waals surface area contributed by atoms with Crippen LogP contribution < -0.4 is 0 Å². The number of non-ortho nitro benzene ring substituents is 1. The van der Waals surface area contributed by atoms with Gasteiger partial charge in [-0.25, -0.2) is 0 Å². The Morgan fingerprint density at radius 2 is 2.21 bits per heavy atom. The highest BCUT2D eigenvalue weighted by molar-refractivity contribution is 6.09. The molecule has 1 aromatic carbocycles. The van der Waals surface area contributed by atoms with Gasteiger partial charge in [0.15, 0.2) is 0 Å². The molecule has 0 aliphatic carbocycles. The average Bonchev–Trinajstić information content (AvgIpc) is 2.18. The van der Waals surface area contributed by atoms with Gasteiger partial charge in [0.05, 0.1) is 4.92 Å². The van der Waals surface area contributed by atoms with E-state index in [-0.39, 0.29) is 11.3 Å². The van der Waals surface area contributed by atoms with E-state index in [0.29, 0.717) is 0 Å². The third-order valence-electron chi connectivity index (χ3n) is 1.56. The summed E-state index contributed by atoms with van der Waals surface area (Å²) in [6.45, 7) is 1.54. The second kappa shape index (κ2) is 4.19. The van der Waals surface area contributed by atoms with Crippen molar-refractivity contribution in [3.63, 3.8) is 0 Å². The van der Waals surface area contributed by atoms with Crippen LogP contribution in [-0.4, -0.2) is 10.7 Å². The fourth-order valence-corrected chi connectivity index (χ4v) is 0.946. The minimum Gasteiger partial charge on any atom is -0.279 e. The maximum Gasteiger partial charge on any atom is 0.270 e. The number of ketones is 1. The van der Waals surface area contributed by atoms with Crippen LogP contribution >= 0.6 is 0 Å². The predicted octanol–water partition coefficient (Wildman–Crippen LogP) is 1.80. The van der Waals surface area contributed by atoms with Crippen molar-refractivity contribution in [2.45, 2.75) is 6.92 Å². The number of carbonyl (C=O) groups excluding carboxylic acids is 1. The van der Waals surface area contributed by atoms with Crippen LogP contribution in [0, 0.1) is 22.0 Å². The van der Waals surface area contributed by atoms with Crippen LogP contribution in [0.1, 0.15) is 17.3 Å². The Kier molecular flexibility index (Phi) is 2.97. The van der Waals surface area contributed by atoms with Gasteiger partial charge in [-0.2, -0.15) is 0 Å². The molecule has 0 aliphatic rings. The minimum atomic E-state index is -0.545. The number of Topliss-reactive ketones (excluding diaryl/α,β-unsaturated/α-hetero) is 1. The summed E-state index contributed by atoms with van der Waals surface area (Å²) in [6, 6.07) is 5.51. The Balaban J connectivity index is 3.09. The average molecular weight is 189 g/mol. The van der Waals surface area contributed by atoms with Gasteiger partial charge in [0.2, 0.25) is 5.78 Å². The third kappa shape index (κ3) is 2.17. The van der Waals surface area contributed by atoms with E-state index >= 15 is 0 Å². The fourth-order valence-electron chi connectivity index (χ4n) is 0.946. The van der Waals surface area contributed by atoms with E-state index < -0.39 is 10.7 Å². The molecule has 0 saturated heterocycles. The largest absolute Gasteiger partial charge is 0.279 e. The maximum absolute atomic E-state index is 11.2. The number of rotatable bonds is 2. The van der Waals surface area contributed by atoms with Crippen LogP contribution in [0.25, 0.3) is 0 Å². The third-order valence-corrected chi connectivity index (χ3v) is 1.56. The lowest BCUT2D eigenvalue weighted by Crippen LogP contribution is -1.96. The predicted molar refractivity (Wildman–Crippen MR) is 50.9 cm³/mol. The zero-order valence-electron chi connectivity index (χ0n) is 7.48. The highest BCUT2D eigenvalue weighted by Crippen LogP contribution is 2.13. The molecule has 0 spiro atoms. The molecule has 0 fully saturated rings. The molecule has 0 atom stereocenters. The van der Waals surface area contributed by atoms with E-state index in [0.717, 1.165) is 0 Å². The molecule has 0 N–H and O–H groups in total. The number of nitro benzene ring substituents is 1. The molecule has 0 amide bonds. The molecule has 4 nitrogen and oxygen atoms in total. The van der Waals surface area contributed by atoms with E-state index in [2.05, 4.69) is 11.8 Å². The fraction of sp³-hybridized carbons (Fsp3) is 0.100. The van der Waals surface area contributed by atoms with Crippen molar-refractivity contribution in [1.29, 1.82) is 0 Å². The standard InChI is InChI=1S/C10H7NO3/c1-2-4-10(12)8-5-3-6-9(7-8)11(13)14/h3,5-7H,1H3. The number of carbonyl (C=O) groups is 1. The van der Waals surface area contributed by atoms with Crippen LogP contribution in [-0.2, 0) is 0 Å². The highest BCUT2D eigenvalue weighted by Gasteiger charge is 2.08. The van der Waals surface area contributed by atoms with E-state index in [9.17, 15) is 14.9 Å². The molecule has 1 aromatic rings. The number of hydrogen-bond donors (Lipinski definition) is 0. The zero-order valence-corrected chi connectivity index (χ0v) is 7.48. The van der Waals surface area contributed by atoms with Crippen LogP contribution in [0.2, 0.25) is 0 Å². The molecule has 70 valence electrons. The van der Waals surface area contributed by atoms with E-state index in [1.54, 1.807) is 0 Å². The lowest BCUT2D eigenvalue weighted by atomic mass is 10.1. The van der Waals surface area contributed by atoms with Gasteiger partial charge in [0.25, 0.3) is 5.69 Å². The molecule has 0 saturated carbocycles. The molecular weight excluding hydrogens is 182 g/mol. The smallest absolute Gasteiger partial charge is 0.270 e. The number of nitro groups is 1. The lowest BCUT2D eigenvalue weighted by molar-refractivity contribution is -0.384. The Bertz CT molecular complexity index is 440. The summed E-state index contributed by atoms with van der Waals surface area (Å²) in [5.41, 5.74) is 0.141. The van der Waals surface area contributed by atoms with Gasteiger partial charge in [-0.3, -0.25) is 14.9 Å². The quantitative estimate of drug-likeness (QED) is 0.234. The molecule has 1 rings (SSSR count). The summed E-state index contributed by atoms with van der Waals surface area (Å²) in [5, 5.41) is 10.4. The molecule has 4 heteroatoms. The van der Waals surface area contributed by atoms with Gasteiger partial charge in [-0.05, 0) is 18.9 Å². The van der Waals surface area contributed by atoms with Crippen LogP contribution in [0.4, 0.5) is 5.69 Å². The zero-order chi connectivity index (χ0) is 10.6. The van der Waals surface area contributed by atoms with Crippen molar-refractivity contribution in [3.8, 4) is 11.8 Å². The summed E-state index contributed by atoms with van der Waals surface area (Å²) in [4.78, 5) is 21.1. The van der Waals surface area contributed by atoms with Gasteiger partial charge >= 0.3 is 0 Å². The van der Waals surface area contributed by atoms with E-state index in [1.165, 1.54) is 31.2 Å². The Hall–Kier alpha value is -2.15. The van der Waals surface area contributed by atoms with E-state index in [1.807, 2.05) is 0 Å². The molecule has 0 aromatic heterocycles. The van der Waals surface area contributed by atoms with Gasteiger partial charge in [0, 0.05) is 17.7 Å². The highest BCUT2D eigenvalue weighted by atomic mass is 16.6. The van der Waals surface area contributed by atoms with Gasteiger partial charge in [0.1, 0.15) is 0 Å². The lowest BCUT2D eigenvalue weighted by Gasteiger charge is -1.93. The SMILES string of the molecule is CC#CC(=O)c1cccc([N+](=O)[O-])c1. The van der Waals surface area contributed by atoms with Crippen molar-refractivity contribution in [3.05, 3.63) is 39.9 Å². The Morgan fingerprint density at radius 3 is 2.79 bits per heavy atom. The number of hydrogen-bond acceptors (Lipinski definition) is 3. The molecule has 14 heavy (non-hydrogen) atoms. The first-order chi connectivity index (χ1) is 6.65. The van der Waals surface area contributed by atoms with Crippen molar-refractivity contribution >= 4 is 11.5 Å². The topological polar surface area (TPSA) is 60.2 Å². The molecule has 0 radical (unpaired) electrons. The van der Waals surface area contributed by atoms with Crippen LogP contribution in [0.5, 0.6) is 0 Å². The summed E-state index contributed by atoms with van der Waals surface area (Å²) >= 11 is 0. The summed E-state index contributed by atoms with van der Waals surface area (Å²) in [6.07, 6.45) is 0. The monoisotopic (exact) mass is 189 g/mol. The second-order valence-electron chi connectivity index (χ2n) is 2.51. The van der Waals surface area contributed by atoms with Crippen LogP contribution in [0.3, 0.4) is 0 Å². The van der Waals surface area contributed by atoms with Crippen LogP contribution in [0.15, 0.2) is 24.3 Å². The molecule has 0 aliphatic heterocycles. The van der Waals surface area contributed by atoms with Gasteiger partial charge in [-0.1, -0.05) is 12.0 Å². The molecule has 0 bridgehead atoms. The molecule has 0 heterocycles. The van der Waals surface area contributed by atoms with Gasteiger partial charge < -0.3 is 0 Å². The van der Waals surface area contributed by atoms with Gasteiger partial charge in [-0.15, -0.1) is 0 Å². The minimum absolute atomic E-state index is 0.103. The first-order valence-corrected chi connectivity index (χ1v) is 3.86. The first kappa shape index (κ1) is 9.93. The number of benzene rings is 1. The summed E-state index contributed by atoms with van der Waals surface area (Å²) in [7, 11) is 0. The Morgan fingerprint density at radius 1 is 1.50 bits per heavy atom. The first-order valence-electron chi connectivity index (χ1n) is 3.86. The number of nitrogens with zero attached hydrogens (tertiary/aromatic N) is 1.